The van der Waals surface area contributed by atoms with Crippen LogP contribution in [0.3, 0.4) is 0 Å². The molecule has 0 bridgehead atoms. The third kappa shape index (κ3) is 4.14. The molecule has 0 aliphatic heterocycles. The summed E-state index contributed by atoms with van der Waals surface area (Å²) in [5.74, 6) is 0.740. The highest BCUT2D eigenvalue weighted by atomic mass is 79.9. The zero-order valence-corrected chi connectivity index (χ0v) is 12.1. The summed E-state index contributed by atoms with van der Waals surface area (Å²) in [5.41, 5.74) is 3.74. The van der Waals surface area contributed by atoms with Crippen LogP contribution < -0.4 is 0 Å². The van der Waals surface area contributed by atoms with Crippen LogP contribution in [-0.4, -0.2) is 10.9 Å². The Morgan fingerprint density at radius 2 is 1.94 bits per heavy atom. The molecule has 0 amide bonds. The normalized spacial score (nSPS) is 11.0. The Hall–Kier alpha value is -0.540. The van der Waals surface area contributed by atoms with E-state index in [1.807, 2.05) is 6.08 Å². The van der Waals surface area contributed by atoms with E-state index >= 15 is 0 Å². The number of rotatable bonds is 3. The van der Waals surface area contributed by atoms with Gasteiger partial charge in [-0.3, -0.25) is 4.79 Å². The Bertz CT molecular complexity index is 401. The van der Waals surface area contributed by atoms with Gasteiger partial charge in [0, 0.05) is 17.1 Å². The van der Waals surface area contributed by atoms with Crippen LogP contribution >= 0.6 is 27.7 Å². The van der Waals surface area contributed by atoms with Crippen LogP contribution in [0.25, 0.3) is 6.08 Å². The van der Waals surface area contributed by atoms with Gasteiger partial charge in [0.05, 0.1) is 0 Å². The fourth-order valence-electron chi connectivity index (χ4n) is 1.52. The number of aryl methyl sites for hydroxylation is 2. The van der Waals surface area contributed by atoms with Crippen LogP contribution in [0.2, 0.25) is 0 Å². The lowest BCUT2D eigenvalue weighted by atomic mass is 10.0. The molecule has 0 aliphatic carbocycles. The van der Waals surface area contributed by atoms with Gasteiger partial charge in [-0.05, 0) is 42.7 Å². The molecule has 1 nitrogen and oxygen atoms in total. The van der Waals surface area contributed by atoms with E-state index in [2.05, 4.69) is 48.0 Å². The topological polar surface area (TPSA) is 17.1 Å². The third-order valence-electron chi connectivity index (χ3n) is 2.23. The molecule has 0 aliphatic rings. The Morgan fingerprint density at radius 1 is 1.38 bits per heavy atom. The van der Waals surface area contributed by atoms with Crippen molar-refractivity contribution in [1.82, 2.24) is 0 Å². The van der Waals surface area contributed by atoms with E-state index in [-0.39, 0.29) is 5.12 Å². The summed E-state index contributed by atoms with van der Waals surface area (Å²) in [6.07, 6.45) is 4.13. The van der Waals surface area contributed by atoms with Crippen molar-refractivity contribution in [1.29, 1.82) is 0 Å². The number of hydrogen-bond donors (Lipinski definition) is 0. The first kappa shape index (κ1) is 13.5. The molecule has 0 heterocycles. The quantitative estimate of drug-likeness (QED) is 0.825. The number of thioether (sulfide) groups is 1. The maximum Gasteiger partial charge on any atom is 0.186 e. The predicted octanol–water partition coefficient (Wildman–Crippen LogP) is 4.36. The van der Waals surface area contributed by atoms with Gasteiger partial charge >= 0.3 is 0 Å². The molecule has 0 fully saturated rings. The summed E-state index contributed by atoms with van der Waals surface area (Å²) < 4.78 is 1.11. The standard InChI is InChI=1S/C13H15BrOS/c1-9-7-12(14)8-10(2)13(9)5-4-6-16-11(3)15/h4-5,7-8H,6H2,1-3H3. The minimum absolute atomic E-state index is 0.161. The molecule has 16 heavy (non-hydrogen) atoms. The van der Waals surface area contributed by atoms with Crippen LogP contribution in [0.5, 0.6) is 0 Å². The van der Waals surface area contributed by atoms with Crippen LogP contribution in [0, 0.1) is 13.8 Å². The van der Waals surface area contributed by atoms with E-state index < -0.39 is 0 Å². The van der Waals surface area contributed by atoms with E-state index in [1.54, 1.807) is 6.92 Å². The largest absolute Gasteiger partial charge is 0.288 e. The number of benzene rings is 1. The van der Waals surface area contributed by atoms with Crippen molar-refractivity contribution in [2.24, 2.45) is 0 Å². The van der Waals surface area contributed by atoms with E-state index in [4.69, 9.17) is 0 Å². The summed E-state index contributed by atoms with van der Waals surface area (Å²) in [7, 11) is 0. The average molecular weight is 299 g/mol. The van der Waals surface area contributed by atoms with Crippen LogP contribution in [-0.2, 0) is 4.79 Å². The van der Waals surface area contributed by atoms with Gasteiger partial charge in [-0.2, -0.15) is 0 Å². The van der Waals surface area contributed by atoms with Gasteiger partial charge in [-0.25, -0.2) is 0 Å². The number of hydrogen-bond acceptors (Lipinski definition) is 2. The van der Waals surface area contributed by atoms with Crippen molar-refractivity contribution in [3.05, 3.63) is 39.4 Å². The van der Waals surface area contributed by atoms with E-state index in [1.165, 1.54) is 28.5 Å². The van der Waals surface area contributed by atoms with E-state index in [0.29, 0.717) is 0 Å². The molecular weight excluding hydrogens is 284 g/mol. The Labute approximate surface area is 109 Å². The van der Waals surface area contributed by atoms with Crippen molar-refractivity contribution >= 4 is 38.9 Å². The van der Waals surface area contributed by atoms with E-state index in [0.717, 1.165) is 10.2 Å². The summed E-state index contributed by atoms with van der Waals surface area (Å²) in [6, 6.07) is 4.20. The maximum atomic E-state index is 10.8. The molecule has 0 atom stereocenters. The molecule has 3 heteroatoms. The molecule has 86 valence electrons. The Morgan fingerprint density at radius 3 is 2.44 bits per heavy atom. The van der Waals surface area contributed by atoms with Crippen LogP contribution in [0.4, 0.5) is 0 Å². The second-order valence-corrected chi connectivity index (χ2v) is 5.77. The van der Waals surface area contributed by atoms with Gasteiger partial charge in [0.25, 0.3) is 0 Å². The molecule has 0 saturated heterocycles. The zero-order chi connectivity index (χ0) is 12.1. The van der Waals surface area contributed by atoms with Crippen LogP contribution in [0.15, 0.2) is 22.7 Å². The van der Waals surface area contributed by atoms with Gasteiger partial charge in [-0.15, -0.1) is 0 Å². The average Bonchev–Trinajstić information content (AvgIpc) is 2.14. The third-order valence-corrected chi connectivity index (χ3v) is 3.45. The van der Waals surface area contributed by atoms with Gasteiger partial charge in [-0.1, -0.05) is 39.8 Å². The lowest BCUT2D eigenvalue weighted by molar-refractivity contribution is -0.109. The molecule has 1 aromatic carbocycles. The molecular formula is C13H15BrOS. The first-order valence-corrected chi connectivity index (χ1v) is 6.85. The van der Waals surface area contributed by atoms with Crippen molar-refractivity contribution in [3.63, 3.8) is 0 Å². The molecule has 0 N–H and O–H groups in total. The molecule has 1 rings (SSSR count). The molecule has 0 unspecified atom stereocenters. The second-order valence-electron chi connectivity index (χ2n) is 3.66. The van der Waals surface area contributed by atoms with Gasteiger partial charge in [0.1, 0.15) is 0 Å². The highest BCUT2D eigenvalue weighted by molar-refractivity contribution is 9.10. The summed E-state index contributed by atoms with van der Waals surface area (Å²) >= 11 is 4.81. The fourth-order valence-corrected chi connectivity index (χ4v) is 2.63. The van der Waals surface area contributed by atoms with E-state index in [9.17, 15) is 4.79 Å². The highest BCUT2D eigenvalue weighted by Crippen LogP contribution is 2.21. The molecule has 1 aromatic rings. The number of carbonyl (C=O) groups excluding carboxylic acids is 1. The van der Waals surface area contributed by atoms with Gasteiger partial charge in [0.15, 0.2) is 5.12 Å². The van der Waals surface area contributed by atoms with Crippen molar-refractivity contribution in [2.75, 3.05) is 5.75 Å². The monoisotopic (exact) mass is 298 g/mol. The second kappa shape index (κ2) is 6.26. The van der Waals surface area contributed by atoms with Crippen LogP contribution in [0.1, 0.15) is 23.6 Å². The fraction of sp³-hybridized carbons (Fsp3) is 0.308. The maximum absolute atomic E-state index is 10.8. The van der Waals surface area contributed by atoms with Crippen molar-refractivity contribution < 1.29 is 4.79 Å². The minimum atomic E-state index is 0.161. The van der Waals surface area contributed by atoms with Gasteiger partial charge in [0.2, 0.25) is 0 Å². The zero-order valence-electron chi connectivity index (χ0n) is 9.71. The lowest BCUT2D eigenvalue weighted by Gasteiger charge is -2.06. The highest BCUT2D eigenvalue weighted by Gasteiger charge is 2.00. The molecule has 0 spiro atoms. The minimum Gasteiger partial charge on any atom is -0.288 e. The summed E-state index contributed by atoms with van der Waals surface area (Å²) in [4.78, 5) is 10.8. The lowest BCUT2D eigenvalue weighted by Crippen LogP contribution is -1.87. The Balaban J connectivity index is 2.77. The molecule has 0 radical (unpaired) electrons. The molecule has 0 aromatic heterocycles. The first-order valence-electron chi connectivity index (χ1n) is 5.07. The number of carbonyl (C=O) groups is 1. The van der Waals surface area contributed by atoms with Gasteiger partial charge < -0.3 is 0 Å². The molecule has 0 saturated carbocycles. The Kier molecular flexibility index (Phi) is 5.29. The summed E-state index contributed by atoms with van der Waals surface area (Å²) in [5, 5.41) is 0.161. The first-order chi connectivity index (χ1) is 7.50. The number of halogens is 1. The van der Waals surface area contributed by atoms with Crippen molar-refractivity contribution in [2.45, 2.75) is 20.8 Å². The summed E-state index contributed by atoms with van der Waals surface area (Å²) in [6.45, 7) is 5.78. The SMILES string of the molecule is CC(=O)SCC=Cc1c(C)cc(Br)cc1C. The van der Waals surface area contributed by atoms with Crippen molar-refractivity contribution in [3.8, 4) is 0 Å². The predicted molar refractivity (Wildman–Crippen MR) is 75.8 cm³/mol. The smallest absolute Gasteiger partial charge is 0.186 e.